The van der Waals surface area contributed by atoms with E-state index in [2.05, 4.69) is 17.9 Å². The van der Waals surface area contributed by atoms with Crippen molar-refractivity contribution in [3.8, 4) is 5.75 Å². The minimum Gasteiger partial charge on any atom is -0.495 e. The van der Waals surface area contributed by atoms with Gasteiger partial charge in [-0.15, -0.1) is 0 Å². The molecule has 8 nitrogen and oxygen atoms in total. The van der Waals surface area contributed by atoms with E-state index in [0.29, 0.717) is 13.1 Å². The quantitative estimate of drug-likeness (QED) is 0.687. The molecule has 0 aromatic heterocycles. The zero-order chi connectivity index (χ0) is 20.7. The lowest BCUT2D eigenvalue weighted by molar-refractivity contribution is -0.137. The summed E-state index contributed by atoms with van der Waals surface area (Å²) in [6.07, 6.45) is 2.40. The summed E-state index contributed by atoms with van der Waals surface area (Å²) in [5, 5.41) is 0. The van der Waals surface area contributed by atoms with Crippen molar-refractivity contribution >= 4 is 23.6 Å². The Balaban J connectivity index is 1.63. The molecular formula is C21H29N5O3. The molecule has 29 heavy (non-hydrogen) atoms. The molecular weight excluding hydrogens is 370 g/mol. The van der Waals surface area contributed by atoms with Crippen LogP contribution in [0.25, 0.3) is 0 Å². The van der Waals surface area contributed by atoms with Gasteiger partial charge in [-0.05, 0) is 31.0 Å². The molecule has 0 N–H and O–H groups in total. The smallest absolute Gasteiger partial charge is 0.328 e. The Labute approximate surface area is 171 Å². The van der Waals surface area contributed by atoms with Gasteiger partial charge in [0, 0.05) is 26.7 Å². The number of likely N-dealkylation sites (N-methyl/N-ethyl adjacent to an activating group) is 1. The normalized spacial score (nSPS) is 23.5. The molecule has 2 unspecified atom stereocenters. The van der Waals surface area contributed by atoms with E-state index in [9.17, 15) is 9.59 Å². The monoisotopic (exact) mass is 399 g/mol. The number of anilines is 1. The Bertz CT molecular complexity index is 855. The van der Waals surface area contributed by atoms with Crippen molar-refractivity contribution in [2.45, 2.75) is 45.3 Å². The molecule has 2 saturated heterocycles. The molecule has 4 rings (SSSR count). The lowest BCUT2D eigenvalue weighted by Crippen LogP contribution is -2.64. The summed E-state index contributed by atoms with van der Waals surface area (Å²) in [5.74, 6) is 1.38. The first-order chi connectivity index (χ1) is 14.0. The maximum absolute atomic E-state index is 13.2. The molecule has 0 spiro atoms. The highest BCUT2D eigenvalue weighted by atomic mass is 16.5. The lowest BCUT2D eigenvalue weighted by Gasteiger charge is -2.40. The van der Waals surface area contributed by atoms with Gasteiger partial charge in [-0.25, -0.2) is 9.79 Å². The first-order valence-electron chi connectivity index (χ1n) is 10.3. The molecule has 0 radical (unpaired) electrons. The third kappa shape index (κ3) is 3.10. The van der Waals surface area contributed by atoms with Gasteiger partial charge in [0.1, 0.15) is 5.75 Å². The van der Waals surface area contributed by atoms with Crippen LogP contribution in [0.4, 0.5) is 10.5 Å². The molecule has 1 aromatic rings. The van der Waals surface area contributed by atoms with Gasteiger partial charge in [0.2, 0.25) is 5.96 Å². The van der Waals surface area contributed by atoms with Gasteiger partial charge in [-0.2, -0.15) is 0 Å². The zero-order valence-electron chi connectivity index (χ0n) is 17.6. The number of urea groups is 1. The largest absolute Gasteiger partial charge is 0.495 e. The highest BCUT2D eigenvalue weighted by Gasteiger charge is 2.54. The summed E-state index contributed by atoms with van der Waals surface area (Å²) in [7, 11) is 3.39. The SMILES string of the molecule is CCCCCN1C(=O)C2C(N=C3N(c4cc(C)ccc4OC)CCN32)N(C)C1=O. The van der Waals surface area contributed by atoms with Crippen LogP contribution in [0.3, 0.4) is 0 Å². The maximum Gasteiger partial charge on any atom is 0.328 e. The number of hydrogen-bond acceptors (Lipinski definition) is 6. The molecule has 2 atom stereocenters. The lowest BCUT2D eigenvalue weighted by atomic mass is 10.1. The summed E-state index contributed by atoms with van der Waals surface area (Å²) < 4.78 is 5.56. The number of nitrogens with zero attached hydrogens (tertiary/aromatic N) is 5. The minimum absolute atomic E-state index is 0.133. The summed E-state index contributed by atoms with van der Waals surface area (Å²) in [6, 6.07) is 5.33. The minimum atomic E-state index is -0.481. The third-order valence-electron chi connectivity index (χ3n) is 5.99. The Morgan fingerprint density at radius 2 is 2.00 bits per heavy atom. The number of imide groups is 1. The molecule has 0 aliphatic carbocycles. The molecule has 3 aliphatic heterocycles. The van der Waals surface area contributed by atoms with Gasteiger partial charge in [-0.3, -0.25) is 9.69 Å². The molecule has 8 heteroatoms. The van der Waals surface area contributed by atoms with Gasteiger partial charge in [-0.1, -0.05) is 25.8 Å². The average molecular weight is 399 g/mol. The number of ether oxygens (including phenoxy) is 1. The number of aryl methyl sites for hydroxylation is 1. The van der Waals surface area contributed by atoms with E-state index in [1.54, 1.807) is 19.1 Å². The standard InChI is InChI=1S/C21H29N5O3/c1-5-6-7-10-26-19(27)17-18(23(3)21(26)28)22-20-24(11-12-25(17)20)15-13-14(2)8-9-16(15)29-4/h8-9,13,17-18H,5-7,10-12H2,1-4H3. The Kier molecular flexibility index (Phi) is 5.10. The number of carbonyl (C=O) groups excluding carboxylic acids is 2. The first kappa shape index (κ1) is 19.5. The van der Waals surface area contributed by atoms with E-state index in [4.69, 9.17) is 9.73 Å². The fourth-order valence-electron chi connectivity index (χ4n) is 4.40. The number of methoxy groups -OCH3 is 1. The summed E-state index contributed by atoms with van der Waals surface area (Å²) in [6.45, 7) is 6.03. The molecule has 2 fully saturated rings. The maximum atomic E-state index is 13.2. The molecule has 1 aromatic carbocycles. The second-order valence-corrected chi connectivity index (χ2v) is 7.90. The number of hydrogen-bond donors (Lipinski definition) is 0. The Morgan fingerprint density at radius 1 is 1.21 bits per heavy atom. The number of rotatable bonds is 6. The summed E-state index contributed by atoms with van der Waals surface area (Å²) in [4.78, 5) is 38.0. The van der Waals surface area contributed by atoms with Crippen LogP contribution >= 0.6 is 0 Å². The van der Waals surface area contributed by atoms with Gasteiger partial charge in [0.05, 0.1) is 12.8 Å². The predicted molar refractivity (Wildman–Crippen MR) is 111 cm³/mol. The summed E-state index contributed by atoms with van der Waals surface area (Å²) in [5.41, 5.74) is 2.06. The highest BCUT2D eigenvalue weighted by Crippen LogP contribution is 2.37. The Morgan fingerprint density at radius 3 is 2.72 bits per heavy atom. The van der Waals surface area contributed by atoms with Crippen LogP contribution in [0.1, 0.15) is 31.7 Å². The fourth-order valence-corrected chi connectivity index (χ4v) is 4.40. The number of fused-ring (bicyclic) bond motifs is 3. The molecule has 0 bridgehead atoms. The van der Waals surface area contributed by atoms with Crippen LogP contribution in [0.2, 0.25) is 0 Å². The molecule has 0 saturated carbocycles. The van der Waals surface area contributed by atoms with E-state index in [0.717, 1.165) is 48.8 Å². The third-order valence-corrected chi connectivity index (χ3v) is 5.99. The number of carbonyl (C=O) groups is 2. The van der Waals surface area contributed by atoms with Crippen molar-refractivity contribution in [1.82, 2.24) is 14.7 Å². The molecule has 3 aliphatic rings. The highest BCUT2D eigenvalue weighted by molar-refractivity contribution is 6.08. The molecule has 3 heterocycles. The van der Waals surface area contributed by atoms with Crippen molar-refractivity contribution in [3.05, 3.63) is 23.8 Å². The van der Waals surface area contributed by atoms with Gasteiger partial charge in [0.25, 0.3) is 5.91 Å². The van der Waals surface area contributed by atoms with E-state index in [1.807, 2.05) is 24.0 Å². The van der Waals surface area contributed by atoms with E-state index >= 15 is 0 Å². The van der Waals surface area contributed by atoms with Crippen molar-refractivity contribution in [1.29, 1.82) is 0 Å². The second-order valence-electron chi connectivity index (χ2n) is 7.90. The van der Waals surface area contributed by atoms with Crippen LogP contribution in [0.15, 0.2) is 23.2 Å². The predicted octanol–water partition coefficient (Wildman–Crippen LogP) is 2.27. The fraction of sp³-hybridized carbons (Fsp3) is 0.571. The van der Waals surface area contributed by atoms with Gasteiger partial charge < -0.3 is 19.4 Å². The first-order valence-corrected chi connectivity index (χ1v) is 10.3. The number of guanidine groups is 1. The van der Waals surface area contributed by atoms with E-state index in [-0.39, 0.29) is 11.9 Å². The van der Waals surface area contributed by atoms with Crippen LogP contribution < -0.4 is 9.64 Å². The number of unbranched alkanes of at least 4 members (excludes halogenated alkanes) is 2. The van der Waals surface area contributed by atoms with Crippen molar-refractivity contribution in [3.63, 3.8) is 0 Å². The zero-order valence-corrected chi connectivity index (χ0v) is 17.6. The van der Waals surface area contributed by atoms with Crippen molar-refractivity contribution in [2.75, 3.05) is 38.7 Å². The van der Waals surface area contributed by atoms with Crippen LogP contribution in [0, 0.1) is 6.92 Å². The van der Waals surface area contributed by atoms with Crippen molar-refractivity contribution in [2.24, 2.45) is 4.99 Å². The Hall–Kier alpha value is -2.77. The number of amides is 3. The average Bonchev–Trinajstić information content (AvgIpc) is 3.28. The second kappa shape index (κ2) is 7.57. The van der Waals surface area contributed by atoms with Gasteiger partial charge in [0.15, 0.2) is 12.2 Å². The number of aliphatic imine (C=N–C) groups is 1. The number of benzene rings is 1. The van der Waals surface area contributed by atoms with Gasteiger partial charge >= 0.3 is 6.03 Å². The van der Waals surface area contributed by atoms with Crippen LogP contribution in [0.5, 0.6) is 5.75 Å². The van der Waals surface area contributed by atoms with Crippen molar-refractivity contribution < 1.29 is 14.3 Å². The summed E-state index contributed by atoms with van der Waals surface area (Å²) >= 11 is 0. The molecule has 156 valence electrons. The van der Waals surface area contributed by atoms with Crippen LogP contribution in [-0.4, -0.2) is 78.6 Å². The topological polar surface area (TPSA) is 68.7 Å². The molecule has 3 amide bonds. The van der Waals surface area contributed by atoms with E-state index < -0.39 is 12.2 Å². The van der Waals surface area contributed by atoms with E-state index in [1.165, 1.54) is 4.90 Å². The van der Waals surface area contributed by atoms with Crippen LogP contribution in [-0.2, 0) is 4.79 Å².